The van der Waals surface area contributed by atoms with E-state index < -0.39 is 0 Å². The molecule has 0 amide bonds. The van der Waals surface area contributed by atoms with E-state index in [2.05, 4.69) is 66.4 Å². The van der Waals surface area contributed by atoms with E-state index in [9.17, 15) is 0 Å². The number of nitrogens with one attached hydrogen (secondary N) is 1. The Hall–Kier alpha value is -0.300. The molecule has 1 N–H and O–H groups in total. The number of nitrogens with zero attached hydrogens (tertiary/aromatic N) is 2. The van der Waals surface area contributed by atoms with Crippen LogP contribution >= 0.6 is 43.2 Å². The minimum absolute atomic E-state index is 0.277. The lowest BCUT2D eigenvalue weighted by Gasteiger charge is -2.09. The Morgan fingerprint density at radius 2 is 2.21 bits per heavy atom. The van der Waals surface area contributed by atoms with Crippen molar-refractivity contribution in [2.24, 2.45) is 0 Å². The first-order valence-corrected chi connectivity index (χ1v) is 8.58. The summed E-state index contributed by atoms with van der Waals surface area (Å²) in [6.45, 7) is 5.31. The number of pyridine rings is 1. The van der Waals surface area contributed by atoms with Crippen molar-refractivity contribution < 1.29 is 0 Å². The van der Waals surface area contributed by atoms with Crippen molar-refractivity contribution >= 4 is 43.2 Å². The normalized spacial score (nSPS) is 12.6. The zero-order valence-corrected chi connectivity index (χ0v) is 14.8. The molecule has 0 aliphatic rings. The third kappa shape index (κ3) is 3.84. The molecular formula is C13H15Br2N3S. The van der Waals surface area contributed by atoms with Crippen LogP contribution in [0.25, 0.3) is 10.7 Å². The number of hydrogen-bond donors (Lipinski definition) is 1. The molecule has 0 bridgehead atoms. The minimum atomic E-state index is 0.277. The van der Waals surface area contributed by atoms with Gasteiger partial charge in [-0.2, -0.15) is 0 Å². The second kappa shape index (κ2) is 6.92. The van der Waals surface area contributed by atoms with Gasteiger partial charge in [-0.1, -0.05) is 6.92 Å². The Kier molecular flexibility index (Phi) is 5.50. The second-order valence-corrected chi connectivity index (χ2v) is 6.87. The lowest BCUT2D eigenvalue weighted by atomic mass is 10.2. The first kappa shape index (κ1) is 15.1. The summed E-state index contributed by atoms with van der Waals surface area (Å²) >= 11 is 8.56. The highest BCUT2D eigenvalue weighted by Gasteiger charge is 2.13. The van der Waals surface area contributed by atoms with Gasteiger partial charge < -0.3 is 5.32 Å². The quantitative estimate of drug-likeness (QED) is 0.778. The lowest BCUT2D eigenvalue weighted by molar-refractivity contribution is 0.561. The highest BCUT2D eigenvalue weighted by atomic mass is 79.9. The molecule has 19 heavy (non-hydrogen) atoms. The van der Waals surface area contributed by atoms with Crippen molar-refractivity contribution in [2.45, 2.75) is 26.3 Å². The van der Waals surface area contributed by atoms with Crippen molar-refractivity contribution in [3.8, 4) is 10.7 Å². The number of thiazole rings is 1. The molecule has 1 unspecified atom stereocenters. The molecule has 0 spiro atoms. The highest BCUT2D eigenvalue weighted by molar-refractivity contribution is 9.11. The van der Waals surface area contributed by atoms with Gasteiger partial charge >= 0.3 is 0 Å². The first-order chi connectivity index (χ1) is 9.11. The minimum Gasteiger partial charge on any atom is -0.309 e. The molecule has 2 heterocycles. The van der Waals surface area contributed by atoms with Crippen molar-refractivity contribution in [1.29, 1.82) is 0 Å². The van der Waals surface area contributed by atoms with Gasteiger partial charge in [0, 0.05) is 26.6 Å². The van der Waals surface area contributed by atoms with E-state index >= 15 is 0 Å². The summed E-state index contributed by atoms with van der Waals surface area (Å²) in [5.41, 5.74) is 1.97. The molecule has 0 aliphatic heterocycles. The van der Waals surface area contributed by atoms with Gasteiger partial charge in [-0.05, 0) is 57.8 Å². The van der Waals surface area contributed by atoms with Crippen LogP contribution in [0.5, 0.6) is 0 Å². The van der Waals surface area contributed by atoms with Crippen LogP contribution in [0.4, 0.5) is 0 Å². The van der Waals surface area contributed by atoms with Gasteiger partial charge in [-0.15, -0.1) is 11.3 Å². The molecule has 0 saturated carbocycles. The number of aromatic nitrogens is 2. The summed E-state index contributed by atoms with van der Waals surface area (Å²) in [6.07, 6.45) is 2.92. The molecule has 0 aliphatic carbocycles. The average molecular weight is 405 g/mol. The summed E-state index contributed by atoms with van der Waals surface area (Å²) < 4.78 is 1.91. The molecular weight excluding hydrogens is 390 g/mol. The fourth-order valence-electron chi connectivity index (χ4n) is 1.63. The Bertz CT molecular complexity index is 557. The SMILES string of the molecule is CCCNC(C)c1csc(-c2ncc(Br)cc2Br)n1. The maximum Gasteiger partial charge on any atom is 0.143 e. The van der Waals surface area contributed by atoms with E-state index in [4.69, 9.17) is 0 Å². The van der Waals surface area contributed by atoms with Gasteiger partial charge in [0.2, 0.25) is 0 Å². The van der Waals surface area contributed by atoms with Crippen LogP contribution in [0.15, 0.2) is 26.6 Å². The molecule has 102 valence electrons. The molecule has 2 aromatic heterocycles. The topological polar surface area (TPSA) is 37.8 Å². The molecule has 2 rings (SSSR count). The van der Waals surface area contributed by atoms with E-state index in [1.807, 2.05) is 6.07 Å². The van der Waals surface area contributed by atoms with Gasteiger partial charge in [-0.3, -0.25) is 4.98 Å². The van der Waals surface area contributed by atoms with Crippen molar-refractivity contribution in [1.82, 2.24) is 15.3 Å². The monoisotopic (exact) mass is 403 g/mol. The first-order valence-electron chi connectivity index (χ1n) is 6.12. The Balaban J connectivity index is 2.20. The molecule has 0 fully saturated rings. The van der Waals surface area contributed by atoms with Gasteiger partial charge in [0.25, 0.3) is 0 Å². The van der Waals surface area contributed by atoms with E-state index in [1.54, 1.807) is 17.5 Å². The number of halogens is 2. The number of rotatable bonds is 5. The van der Waals surface area contributed by atoms with Crippen molar-refractivity contribution in [2.75, 3.05) is 6.54 Å². The number of hydrogen-bond acceptors (Lipinski definition) is 4. The molecule has 0 radical (unpaired) electrons. The van der Waals surface area contributed by atoms with E-state index in [-0.39, 0.29) is 6.04 Å². The summed E-state index contributed by atoms with van der Waals surface area (Å²) in [5, 5.41) is 6.48. The summed E-state index contributed by atoms with van der Waals surface area (Å²) in [4.78, 5) is 9.09. The predicted octanol–water partition coefficient (Wildman–Crippen LogP) is 4.79. The zero-order chi connectivity index (χ0) is 13.8. The largest absolute Gasteiger partial charge is 0.309 e. The zero-order valence-electron chi connectivity index (χ0n) is 10.8. The second-order valence-electron chi connectivity index (χ2n) is 4.24. The fourth-order valence-corrected chi connectivity index (χ4v) is 3.86. The summed E-state index contributed by atoms with van der Waals surface area (Å²) in [7, 11) is 0. The van der Waals surface area contributed by atoms with E-state index in [0.717, 1.165) is 38.3 Å². The predicted molar refractivity (Wildman–Crippen MR) is 87.5 cm³/mol. The smallest absolute Gasteiger partial charge is 0.143 e. The van der Waals surface area contributed by atoms with E-state index in [1.165, 1.54) is 0 Å². The van der Waals surface area contributed by atoms with Crippen LogP contribution in [0, 0.1) is 0 Å². The summed E-state index contributed by atoms with van der Waals surface area (Å²) in [5.74, 6) is 0. The van der Waals surface area contributed by atoms with Crippen molar-refractivity contribution in [3.05, 3.63) is 32.3 Å². The van der Waals surface area contributed by atoms with Crippen LogP contribution < -0.4 is 5.32 Å². The maximum absolute atomic E-state index is 4.67. The Labute approximate surface area is 134 Å². The standard InChI is InChI=1S/C13H15Br2N3S/c1-3-4-16-8(2)11-7-19-13(18-11)12-10(15)5-9(14)6-17-12/h5-8,16H,3-4H2,1-2H3. The van der Waals surface area contributed by atoms with Crippen LogP contribution in [0.2, 0.25) is 0 Å². The molecule has 1 atom stereocenters. The maximum atomic E-state index is 4.67. The van der Waals surface area contributed by atoms with Crippen LogP contribution in [0.1, 0.15) is 32.0 Å². The molecule has 6 heteroatoms. The van der Waals surface area contributed by atoms with Gasteiger partial charge in [-0.25, -0.2) is 4.98 Å². The molecule has 2 aromatic rings. The van der Waals surface area contributed by atoms with Gasteiger partial charge in [0.1, 0.15) is 10.7 Å². The lowest BCUT2D eigenvalue weighted by Crippen LogP contribution is -2.19. The molecule has 3 nitrogen and oxygen atoms in total. The Morgan fingerprint density at radius 3 is 2.89 bits per heavy atom. The fraction of sp³-hybridized carbons (Fsp3) is 0.385. The van der Waals surface area contributed by atoms with Gasteiger partial charge in [0.05, 0.1) is 5.69 Å². The highest BCUT2D eigenvalue weighted by Crippen LogP contribution is 2.31. The third-order valence-corrected chi connectivity index (χ3v) is 4.58. The van der Waals surface area contributed by atoms with Crippen LogP contribution in [0.3, 0.4) is 0 Å². The van der Waals surface area contributed by atoms with E-state index in [0.29, 0.717) is 0 Å². The molecule has 0 saturated heterocycles. The third-order valence-electron chi connectivity index (χ3n) is 2.68. The van der Waals surface area contributed by atoms with Crippen LogP contribution in [-0.4, -0.2) is 16.5 Å². The molecule has 0 aromatic carbocycles. The summed E-state index contributed by atoms with van der Waals surface area (Å²) in [6, 6.07) is 2.27. The average Bonchev–Trinajstić information content (AvgIpc) is 2.85. The Morgan fingerprint density at radius 1 is 1.42 bits per heavy atom. The van der Waals surface area contributed by atoms with Crippen molar-refractivity contribution in [3.63, 3.8) is 0 Å². The van der Waals surface area contributed by atoms with Crippen LogP contribution in [-0.2, 0) is 0 Å². The van der Waals surface area contributed by atoms with Gasteiger partial charge in [0.15, 0.2) is 0 Å².